The van der Waals surface area contributed by atoms with Crippen molar-refractivity contribution >= 4 is 11.8 Å². The fraction of sp³-hybridized carbons (Fsp3) is 0.484. The lowest BCUT2D eigenvalue weighted by Gasteiger charge is -2.08. The number of aryl methyl sites for hydroxylation is 2. The van der Waals surface area contributed by atoms with Crippen molar-refractivity contribution in [2.45, 2.75) is 84.0 Å². The average molecular weight is 479 g/mol. The van der Waals surface area contributed by atoms with E-state index in [1.807, 2.05) is 24.3 Å². The maximum Gasteiger partial charge on any atom is 0.330 e. The molecule has 0 N–H and O–H groups in total. The highest BCUT2D eigenvalue weighted by Gasteiger charge is 2.06. The first-order valence-electron chi connectivity index (χ1n) is 13.2. The summed E-state index contributed by atoms with van der Waals surface area (Å²) in [5.41, 5.74) is 3.65. The molecule has 0 aliphatic carbocycles. The van der Waals surface area contributed by atoms with Gasteiger partial charge in [0.25, 0.3) is 0 Å². The Balaban J connectivity index is 1.58. The first-order chi connectivity index (χ1) is 17.1. The van der Waals surface area contributed by atoms with Crippen LogP contribution in [0.5, 0.6) is 5.75 Å². The molecule has 0 amide bonds. The first kappa shape index (κ1) is 28.4. The zero-order valence-corrected chi connectivity index (χ0v) is 21.4. The van der Waals surface area contributed by atoms with E-state index >= 15 is 0 Å². The van der Waals surface area contributed by atoms with Crippen LogP contribution in [0.1, 0.15) is 81.4 Å². The SMILES string of the molecule is C=CC(=O)OCCCCCCOc1ccc(CC(=O)CCc2ccc(CCCCCC)cc2)cc1. The number of carbonyl (C=O) groups excluding carboxylic acids is 2. The summed E-state index contributed by atoms with van der Waals surface area (Å²) in [6, 6.07) is 16.6. The fourth-order valence-corrected chi connectivity index (χ4v) is 3.91. The van der Waals surface area contributed by atoms with E-state index in [-0.39, 0.29) is 11.8 Å². The average Bonchev–Trinajstić information content (AvgIpc) is 2.88. The molecule has 0 bridgehead atoms. The van der Waals surface area contributed by atoms with E-state index in [2.05, 4.69) is 37.8 Å². The maximum absolute atomic E-state index is 12.5. The lowest BCUT2D eigenvalue weighted by atomic mass is 10.0. The Morgan fingerprint density at radius 1 is 0.743 bits per heavy atom. The predicted octanol–water partition coefficient (Wildman–Crippen LogP) is 7.22. The topological polar surface area (TPSA) is 52.6 Å². The Bertz CT molecular complexity index is 868. The number of ether oxygens (including phenoxy) is 2. The quantitative estimate of drug-likeness (QED) is 0.121. The van der Waals surface area contributed by atoms with Crippen LogP contribution in [0.15, 0.2) is 61.2 Å². The molecule has 4 heteroatoms. The van der Waals surface area contributed by atoms with Gasteiger partial charge in [0.05, 0.1) is 13.2 Å². The number of hydrogen-bond acceptors (Lipinski definition) is 4. The van der Waals surface area contributed by atoms with Gasteiger partial charge in [0.2, 0.25) is 0 Å². The van der Waals surface area contributed by atoms with Crippen LogP contribution in [-0.2, 0) is 33.6 Å². The number of unbranched alkanes of at least 4 members (excludes halogenated alkanes) is 6. The van der Waals surface area contributed by atoms with Crippen molar-refractivity contribution in [1.82, 2.24) is 0 Å². The molecule has 190 valence electrons. The molecule has 0 spiro atoms. The van der Waals surface area contributed by atoms with Crippen LogP contribution >= 0.6 is 0 Å². The van der Waals surface area contributed by atoms with Crippen LogP contribution in [0.3, 0.4) is 0 Å². The van der Waals surface area contributed by atoms with Crippen LogP contribution in [-0.4, -0.2) is 25.0 Å². The van der Waals surface area contributed by atoms with Gasteiger partial charge in [0.15, 0.2) is 0 Å². The highest BCUT2D eigenvalue weighted by atomic mass is 16.5. The minimum absolute atomic E-state index is 0.265. The zero-order valence-electron chi connectivity index (χ0n) is 21.4. The highest BCUT2D eigenvalue weighted by Crippen LogP contribution is 2.15. The van der Waals surface area contributed by atoms with Gasteiger partial charge >= 0.3 is 5.97 Å². The van der Waals surface area contributed by atoms with Crippen LogP contribution in [0.4, 0.5) is 0 Å². The van der Waals surface area contributed by atoms with Gasteiger partial charge in [-0.05, 0) is 73.8 Å². The number of Topliss-reactive ketones (excluding diaryl/α,β-unsaturated/α-hetero) is 1. The standard InChI is InChI=1S/C31H42O4/c1-3-5-6-9-12-26-13-15-27(16-14-26)17-20-29(32)25-28-18-21-30(22-19-28)34-23-10-7-8-11-24-35-31(33)4-2/h4,13-16,18-19,21-22H,2-3,5-12,17,20,23-25H2,1H3. The molecule has 0 atom stereocenters. The third-order valence-electron chi connectivity index (χ3n) is 6.08. The number of carbonyl (C=O) groups is 2. The smallest absolute Gasteiger partial charge is 0.330 e. The molecule has 0 saturated heterocycles. The lowest BCUT2D eigenvalue weighted by molar-refractivity contribution is -0.137. The summed E-state index contributed by atoms with van der Waals surface area (Å²) in [5.74, 6) is 0.730. The second kappa shape index (κ2) is 17.5. The van der Waals surface area contributed by atoms with Crippen LogP contribution in [0.25, 0.3) is 0 Å². The molecule has 0 heterocycles. The largest absolute Gasteiger partial charge is 0.494 e. The van der Waals surface area contributed by atoms with Crippen molar-refractivity contribution in [1.29, 1.82) is 0 Å². The van der Waals surface area contributed by atoms with E-state index in [1.54, 1.807) is 0 Å². The fourth-order valence-electron chi connectivity index (χ4n) is 3.91. The van der Waals surface area contributed by atoms with Crippen molar-refractivity contribution in [3.63, 3.8) is 0 Å². The summed E-state index contributed by atoms with van der Waals surface area (Å²) in [6.07, 6.45) is 13.1. The first-order valence-corrected chi connectivity index (χ1v) is 13.2. The molecule has 0 fully saturated rings. The molecule has 35 heavy (non-hydrogen) atoms. The van der Waals surface area contributed by atoms with Crippen molar-refractivity contribution < 1.29 is 19.1 Å². The molecule has 2 rings (SSSR count). The molecule has 0 aliphatic heterocycles. The van der Waals surface area contributed by atoms with Crippen molar-refractivity contribution in [2.75, 3.05) is 13.2 Å². The van der Waals surface area contributed by atoms with Gasteiger partial charge in [-0.25, -0.2) is 4.79 Å². The summed E-state index contributed by atoms with van der Waals surface area (Å²) in [7, 11) is 0. The van der Waals surface area contributed by atoms with Gasteiger partial charge in [-0.1, -0.05) is 69.2 Å². The molecule has 0 saturated carbocycles. The van der Waals surface area contributed by atoms with Gasteiger partial charge in [-0.2, -0.15) is 0 Å². The number of benzene rings is 2. The van der Waals surface area contributed by atoms with E-state index in [0.29, 0.717) is 26.1 Å². The van der Waals surface area contributed by atoms with Gasteiger partial charge in [0.1, 0.15) is 11.5 Å². The van der Waals surface area contributed by atoms with Crippen LogP contribution in [0, 0.1) is 0 Å². The van der Waals surface area contributed by atoms with Gasteiger partial charge in [0, 0.05) is 18.9 Å². The van der Waals surface area contributed by atoms with E-state index < -0.39 is 0 Å². The Kier molecular flexibility index (Phi) is 14.2. The molecule has 0 unspecified atom stereocenters. The third-order valence-corrected chi connectivity index (χ3v) is 6.08. The normalized spacial score (nSPS) is 10.7. The molecular weight excluding hydrogens is 436 g/mol. The second-order valence-corrected chi connectivity index (χ2v) is 9.12. The number of hydrogen-bond donors (Lipinski definition) is 0. The molecule has 0 aliphatic rings. The highest BCUT2D eigenvalue weighted by molar-refractivity contribution is 5.81. The number of rotatable bonds is 19. The summed E-state index contributed by atoms with van der Waals surface area (Å²) in [4.78, 5) is 23.4. The van der Waals surface area contributed by atoms with Gasteiger partial charge < -0.3 is 9.47 Å². The Morgan fingerprint density at radius 2 is 1.34 bits per heavy atom. The molecule has 0 aromatic heterocycles. The summed E-state index contributed by atoms with van der Waals surface area (Å²) < 4.78 is 10.7. The Hall–Kier alpha value is -2.88. The van der Waals surface area contributed by atoms with Crippen LogP contribution < -0.4 is 4.74 Å². The van der Waals surface area contributed by atoms with Gasteiger partial charge in [-0.15, -0.1) is 0 Å². The van der Waals surface area contributed by atoms with Crippen molar-refractivity contribution in [2.24, 2.45) is 0 Å². The Labute approximate surface area is 211 Å². The van der Waals surface area contributed by atoms with Crippen molar-refractivity contribution in [3.05, 3.63) is 77.9 Å². The van der Waals surface area contributed by atoms with E-state index in [0.717, 1.165) is 49.8 Å². The summed E-state index contributed by atoms with van der Waals surface area (Å²) in [5, 5.41) is 0. The lowest BCUT2D eigenvalue weighted by Crippen LogP contribution is -2.05. The molecule has 0 radical (unpaired) electrons. The molecular formula is C31H42O4. The van der Waals surface area contributed by atoms with Crippen molar-refractivity contribution in [3.8, 4) is 5.75 Å². The number of ketones is 1. The minimum atomic E-state index is -0.364. The second-order valence-electron chi connectivity index (χ2n) is 9.12. The molecule has 2 aromatic carbocycles. The van der Waals surface area contributed by atoms with E-state index in [4.69, 9.17) is 9.47 Å². The van der Waals surface area contributed by atoms with E-state index in [1.165, 1.54) is 42.9 Å². The predicted molar refractivity (Wildman–Crippen MR) is 143 cm³/mol. The number of esters is 1. The van der Waals surface area contributed by atoms with Crippen LogP contribution in [0.2, 0.25) is 0 Å². The molecule has 4 nitrogen and oxygen atoms in total. The summed E-state index contributed by atoms with van der Waals surface area (Å²) in [6.45, 7) is 6.71. The molecule has 2 aromatic rings. The zero-order chi connectivity index (χ0) is 25.1. The van der Waals surface area contributed by atoms with E-state index in [9.17, 15) is 9.59 Å². The Morgan fingerprint density at radius 3 is 2.00 bits per heavy atom. The maximum atomic E-state index is 12.5. The monoisotopic (exact) mass is 478 g/mol. The summed E-state index contributed by atoms with van der Waals surface area (Å²) >= 11 is 0. The van der Waals surface area contributed by atoms with Gasteiger partial charge in [-0.3, -0.25) is 4.79 Å². The minimum Gasteiger partial charge on any atom is -0.494 e. The third kappa shape index (κ3) is 13.0.